The second kappa shape index (κ2) is 5.79. The highest BCUT2D eigenvalue weighted by molar-refractivity contribution is 7.14. The first-order valence-corrected chi connectivity index (χ1v) is 6.90. The van der Waals surface area contributed by atoms with Crippen molar-refractivity contribution in [1.82, 2.24) is 4.98 Å². The highest BCUT2D eigenvalue weighted by Crippen LogP contribution is 2.29. The molecule has 7 heteroatoms. The Morgan fingerprint density at radius 2 is 2.25 bits per heavy atom. The number of carbonyl (C=O) groups excluding carboxylic acids is 1. The number of nitrogens with one attached hydrogen (secondary N) is 1. The van der Waals surface area contributed by atoms with Gasteiger partial charge < -0.3 is 5.32 Å². The summed E-state index contributed by atoms with van der Waals surface area (Å²) < 4.78 is 0. The number of rotatable bonds is 4. The van der Waals surface area contributed by atoms with Crippen LogP contribution in [0.1, 0.15) is 18.9 Å². The average molecular weight is 291 g/mol. The van der Waals surface area contributed by atoms with Crippen molar-refractivity contribution in [3.05, 3.63) is 39.3 Å². The molecule has 1 N–H and O–H groups in total. The number of nitro benzene ring substituents is 1. The van der Waals surface area contributed by atoms with Crippen LogP contribution in [0.25, 0.3) is 11.3 Å². The maximum absolute atomic E-state index is 11.3. The van der Waals surface area contributed by atoms with E-state index < -0.39 is 4.92 Å². The van der Waals surface area contributed by atoms with Crippen LogP contribution in [0.3, 0.4) is 0 Å². The van der Waals surface area contributed by atoms with E-state index in [1.54, 1.807) is 31.4 Å². The van der Waals surface area contributed by atoms with Crippen molar-refractivity contribution in [2.45, 2.75) is 20.3 Å². The number of benzene rings is 1. The van der Waals surface area contributed by atoms with Gasteiger partial charge in [-0.05, 0) is 6.92 Å². The van der Waals surface area contributed by atoms with Gasteiger partial charge in [0.15, 0.2) is 5.13 Å². The minimum atomic E-state index is -0.412. The lowest BCUT2D eigenvalue weighted by Crippen LogP contribution is -2.08. The fourth-order valence-electron chi connectivity index (χ4n) is 1.64. The molecule has 1 heterocycles. The van der Waals surface area contributed by atoms with Crippen LogP contribution < -0.4 is 5.32 Å². The van der Waals surface area contributed by atoms with Crippen molar-refractivity contribution < 1.29 is 9.72 Å². The molecule has 2 aromatic rings. The number of nitrogens with zero attached hydrogens (tertiary/aromatic N) is 2. The molecule has 0 aliphatic rings. The number of nitro groups is 1. The molecule has 0 aliphatic carbocycles. The summed E-state index contributed by atoms with van der Waals surface area (Å²) in [5, 5.41) is 15.8. The Bertz CT molecular complexity index is 667. The first-order valence-electron chi connectivity index (χ1n) is 6.02. The molecular weight excluding hydrogens is 278 g/mol. The SMILES string of the molecule is CCC(=O)Nc1nc(-c2ccc(C)c([N+](=O)[O-])c2)cs1. The lowest BCUT2D eigenvalue weighted by atomic mass is 10.1. The normalized spacial score (nSPS) is 10.3. The molecule has 0 aliphatic heterocycles. The van der Waals surface area contributed by atoms with Crippen LogP contribution in [-0.2, 0) is 4.79 Å². The van der Waals surface area contributed by atoms with Crippen LogP contribution in [0.5, 0.6) is 0 Å². The van der Waals surface area contributed by atoms with Gasteiger partial charge in [0.05, 0.1) is 10.6 Å². The van der Waals surface area contributed by atoms with Crippen molar-refractivity contribution in [3.8, 4) is 11.3 Å². The molecule has 0 fully saturated rings. The lowest BCUT2D eigenvalue weighted by Gasteiger charge is -2.00. The molecule has 1 amide bonds. The number of amides is 1. The van der Waals surface area contributed by atoms with E-state index in [0.717, 1.165) is 0 Å². The molecule has 20 heavy (non-hydrogen) atoms. The van der Waals surface area contributed by atoms with Crippen LogP contribution in [-0.4, -0.2) is 15.8 Å². The molecular formula is C13H13N3O3S. The number of anilines is 1. The second-order valence-corrected chi connectivity index (χ2v) is 5.06. The van der Waals surface area contributed by atoms with Crippen molar-refractivity contribution in [2.24, 2.45) is 0 Å². The predicted octanol–water partition coefficient (Wildman–Crippen LogP) is 3.38. The molecule has 1 aromatic heterocycles. The van der Waals surface area contributed by atoms with Crippen LogP contribution in [0.2, 0.25) is 0 Å². The summed E-state index contributed by atoms with van der Waals surface area (Å²) >= 11 is 1.29. The predicted molar refractivity (Wildman–Crippen MR) is 77.9 cm³/mol. The summed E-state index contributed by atoms with van der Waals surface area (Å²) in [7, 11) is 0. The third-order valence-electron chi connectivity index (χ3n) is 2.77. The topological polar surface area (TPSA) is 85.1 Å². The van der Waals surface area contributed by atoms with Crippen LogP contribution in [0.4, 0.5) is 10.8 Å². The van der Waals surface area contributed by atoms with Crippen molar-refractivity contribution in [1.29, 1.82) is 0 Å². The fourth-order valence-corrected chi connectivity index (χ4v) is 2.37. The Labute approximate surface area is 119 Å². The first-order chi connectivity index (χ1) is 9.51. The molecule has 0 bridgehead atoms. The molecule has 2 rings (SSSR count). The largest absolute Gasteiger partial charge is 0.302 e. The summed E-state index contributed by atoms with van der Waals surface area (Å²) in [6.07, 6.45) is 0.380. The molecule has 0 radical (unpaired) electrons. The number of aryl methyl sites for hydroxylation is 1. The standard InChI is InChI=1S/C13H13N3O3S/c1-3-12(17)15-13-14-10(7-20-13)9-5-4-8(2)11(6-9)16(18)19/h4-7H,3H2,1-2H3,(H,14,15,17). The fraction of sp³-hybridized carbons (Fsp3) is 0.231. The smallest absolute Gasteiger partial charge is 0.272 e. The van der Waals surface area contributed by atoms with Gasteiger partial charge in [-0.15, -0.1) is 11.3 Å². The summed E-state index contributed by atoms with van der Waals surface area (Å²) in [4.78, 5) is 26.1. The summed E-state index contributed by atoms with van der Waals surface area (Å²) in [6.45, 7) is 3.45. The van der Waals surface area contributed by atoms with Gasteiger partial charge in [0.25, 0.3) is 5.69 Å². The van der Waals surface area contributed by atoms with Gasteiger partial charge in [0.2, 0.25) is 5.91 Å². The first kappa shape index (κ1) is 14.1. The molecule has 0 unspecified atom stereocenters. The number of thiazole rings is 1. The van der Waals surface area contributed by atoms with Crippen molar-refractivity contribution >= 4 is 28.1 Å². The zero-order valence-corrected chi connectivity index (χ0v) is 11.9. The minimum absolute atomic E-state index is 0.0645. The molecule has 6 nitrogen and oxygen atoms in total. The number of hydrogen-bond acceptors (Lipinski definition) is 5. The van der Waals surface area contributed by atoms with E-state index in [1.807, 2.05) is 0 Å². The summed E-state index contributed by atoms with van der Waals surface area (Å²) in [5.41, 5.74) is 1.95. The van der Waals surface area contributed by atoms with E-state index in [0.29, 0.717) is 28.4 Å². The van der Waals surface area contributed by atoms with Gasteiger partial charge in [-0.3, -0.25) is 14.9 Å². The Balaban J connectivity index is 2.30. The molecule has 0 saturated heterocycles. The van der Waals surface area contributed by atoms with Gasteiger partial charge in [0, 0.05) is 29.0 Å². The van der Waals surface area contributed by atoms with E-state index >= 15 is 0 Å². The lowest BCUT2D eigenvalue weighted by molar-refractivity contribution is -0.385. The number of aromatic nitrogens is 1. The summed E-state index contributed by atoms with van der Waals surface area (Å²) in [5.74, 6) is -0.110. The minimum Gasteiger partial charge on any atom is -0.302 e. The van der Waals surface area contributed by atoms with Gasteiger partial charge in [-0.2, -0.15) is 0 Å². The Kier molecular flexibility index (Phi) is 4.09. The van der Waals surface area contributed by atoms with E-state index in [1.165, 1.54) is 17.4 Å². The van der Waals surface area contributed by atoms with Crippen molar-refractivity contribution in [2.75, 3.05) is 5.32 Å². The average Bonchev–Trinajstić information content (AvgIpc) is 2.87. The Morgan fingerprint density at radius 1 is 1.50 bits per heavy atom. The van der Waals surface area contributed by atoms with E-state index in [4.69, 9.17) is 0 Å². The third-order valence-corrected chi connectivity index (χ3v) is 3.53. The maximum Gasteiger partial charge on any atom is 0.272 e. The van der Waals surface area contributed by atoms with Gasteiger partial charge >= 0.3 is 0 Å². The van der Waals surface area contributed by atoms with Crippen LogP contribution in [0.15, 0.2) is 23.6 Å². The molecule has 1 aromatic carbocycles. The van der Waals surface area contributed by atoms with Crippen LogP contribution in [0, 0.1) is 17.0 Å². The van der Waals surface area contributed by atoms with Crippen LogP contribution >= 0.6 is 11.3 Å². The van der Waals surface area contributed by atoms with E-state index in [-0.39, 0.29) is 11.6 Å². The van der Waals surface area contributed by atoms with Gasteiger partial charge in [-0.25, -0.2) is 4.98 Å². The molecule has 104 valence electrons. The van der Waals surface area contributed by atoms with Gasteiger partial charge in [-0.1, -0.05) is 19.1 Å². The van der Waals surface area contributed by atoms with E-state index in [2.05, 4.69) is 10.3 Å². The Hall–Kier alpha value is -2.28. The Morgan fingerprint density at radius 3 is 2.90 bits per heavy atom. The van der Waals surface area contributed by atoms with Gasteiger partial charge in [0.1, 0.15) is 0 Å². The molecule has 0 saturated carbocycles. The third kappa shape index (κ3) is 3.00. The van der Waals surface area contributed by atoms with E-state index in [9.17, 15) is 14.9 Å². The zero-order chi connectivity index (χ0) is 14.7. The maximum atomic E-state index is 11.3. The molecule has 0 spiro atoms. The number of carbonyl (C=O) groups is 1. The highest BCUT2D eigenvalue weighted by Gasteiger charge is 2.14. The quantitative estimate of drug-likeness (QED) is 0.691. The second-order valence-electron chi connectivity index (χ2n) is 4.20. The summed E-state index contributed by atoms with van der Waals surface area (Å²) in [6, 6.07) is 4.97. The monoisotopic (exact) mass is 291 g/mol. The zero-order valence-electron chi connectivity index (χ0n) is 11.0. The highest BCUT2D eigenvalue weighted by atomic mass is 32.1. The molecule has 0 atom stereocenters. The number of hydrogen-bond donors (Lipinski definition) is 1. The van der Waals surface area contributed by atoms with Crippen molar-refractivity contribution in [3.63, 3.8) is 0 Å².